The molecule has 4 heteroatoms. The van der Waals surface area contributed by atoms with E-state index in [4.69, 9.17) is 0 Å². The molecule has 0 aromatic heterocycles. The number of hydrogen-bond acceptors (Lipinski definition) is 3. The molecule has 2 aliphatic rings. The van der Waals surface area contributed by atoms with Crippen LogP contribution in [0.15, 0.2) is 18.2 Å². The van der Waals surface area contributed by atoms with Crippen molar-refractivity contribution in [1.29, 1.82) is 0 Å². The summed E-state index contributed by atoms with van der Waals surface area (Å²) in [6, 6.07) is 6.11. The van der Waals surface area contributed by atoms with E-state index in [1.807, 2.05) is 18.2 Å². The molecule has 0 spiro atoms. The van der Waals surface area contributed by atoms with Crippen molar-refractivity contribution in [1.82, 2.24) is 5.32 Å². The second kappa shape index (κ2) is 5.73. The number of nitrogens with one attached hydrogen (secondary N) is 3. The Morgan fingerprint density at radius 3 is 2.80 bits per heavy atom. The first-order valence-corrected chi connectivity index (χ1v) is 7.67. The molecule has 20 heavy (non-hydrogen) atoms. The van der Waals surface area contributed by atoms with E-state index < -0.39 is 0 Å². The van der Waals surface area contributed by atoms with Crippen molar-refractivity contribution < 1.29 is 4.79 Å². The van der Waals surface area contributed by atoms with E-state index in [-0.39, 0.29) is 11.9 Å². The van der Waals surface area contributed by atoms with Gasteiger partial charge in [0.15, 0.2) is 0 Å². The number of para-hydroxylation sites is 1. The number of amides is 1. The molecular formula is C16H23N3O. The van der Waals surface area contributed by atoms with Gasteiger partial charge in [0.2, 0.25) is 0 Å². The van der Waals surface area contributed by atoms with Crippen LogP contribution in [0.2, 0.25) is 0 Å². The molecule has 1 unspecified atom stereocenters. The van der Waals surface area contributed by atoms with E-state index in [0.29, 0.717) is 5.92 Å². The molecule has 1 heterocycles. The fourth-order valence-electron chi connectivity index (χ4n) is 3.32. The molecule has 1 atom stereocenters. The summed E-state index contributed by atoms with van der Waals surface area (Å²) in [5.41, 5.74) is 2.71. The van der Waals surface area contributed by atoms with Crippen LogP contribution in [0.3, 0.4) is 0 Å². The zero-order chi connectivity index (χ0) is 13.9. The highest BCUT2D eigenvalue weighted by atomic mass is 16.1. The van der Waals surface area contributed by atoms with Crippen molar-refractivity contribution in [2.45, 2.75) is 38.6 Å². The Balaban J connectivity index is 1.73. The van der Waals surface area contributed by atoms with E-state index in [1.165, 1.54) is 25.7 Å². The summed E-state index contributed by atoms with van der Waals surface area (Å²) in [4.78, 5) is 12.5. The van der Waals surface area contributed by atoms with Crippen LogP contribution in [0, 0.1) is 5.92 Å². The molecule has 0 saturated heterocycles. The third kappa shape index (κ3) is 2.60. The van der Waals surface area contributed by atoms with E-state index in [2.05, 4.69) is 22.9 Å². The summed E-state index contributed by atoms with van der Waals surface area (Å²) in [6.45, 7) is 3.89. The Morgan fingerprint density at radius 1 is 1.25 bits per heavy atom. The lowest BCUT2D eigenvalue weighted by Crippen LogP contribution is -2.38. The molecule has 1 aliphatic carbocycles. The molecule has 1 fully saturated rings. The van der Waals surface area contributed by atoms with Gasteiger partial charge in [-0.05, 0) is 37.8 Å². The highest BCUT2D eigenvalue weighted by Gasteiger charge is 2.24. The van der Waals surface area contributed by atoms with Crippen LogP contribution in [0.5, 0.6) is 0 Å². The predicted octanol–water partition coefficient (Wildman–Crippen LogP) is 2.83. The lowest BCUT2D eigenvalue weighted by Gasteiger charge is -2.24. The Bertz CT molecular complexity index is 494. The Morgan fingerprint density at radius 2 is 2.00 bits per heavy atom. The molecule has 3 N–H and O–H groups in total. The summed E-state index contributed by atoms with van der Waals surface area (Å²) in [7, 11) is 0. The average molecular weight is 273 g/mol. The maximum atomic E-state index is 12.5. The first-order chi connectivity index (χ1) is 9.75. The summed E-state index contributed by atoms with van der Waals surface area (Å²) in [6.07, 6.45) is 5.09. The van der Waals surface area contributed by atoms with Gasteiger partial charge < -0.3 is 16.0 Å². The summed E-state index contributed by atoms with van der Waals surface area (Å²) in [5.74, 6) is 0.682. The molecule has 0 radical (unpaired) electrons. The minimum atomic E-state index is 0.0393. The Hall–Kier alpha value is -1.71. The summed E-state index contributed by atoms with van der Waals surface area (Å²) in [5, 5.41) is 9.84. The summed E-state index contributed by atoms with van der Waals surface area (Å²) < 4.78 is 0. The molecule has 1 saturated carbocycles. The van der Waals surface area contributed by atoms with Gasteiger partial charge in [-0.15, -0.1) is 0 Å². The van der Waals surface area contributed by atoms with Gasteiger partial charge >= 0.3 is 0 Å². The van der Waals surface area contributed by atoms with Gasteiger partial charge in [-0.2, -0.15) is 0 Å². The van der Waals surface area contributed by atoms with Crippen molar-refractivity contribution in [3.05, 3.63) is 23.8 Å². The van der Waals surface area contributed by atoms with Crippen molar-refractivity contribution in [3.63, 3.8) is 0 Å². The molecular weight excluding hydrogens is 250 g/mol. The Labute approximate surface area is 120 Å². The molecule has 108 valence electrons. The van der Waals surface area contributed by atoms with Gasteiger partial charge in [-0.1, -0.05) is 18.9 Å². The second-order valence-corrected chi connectivity index (χ2v) is 5.89. The highest BCUT2D eigenvalue weighted by molar-refractivity contribution is 6.02. The van der Waals surface area contributed by atoms with Crippen molar-refractivity contribution in [2.24, 2.45) is 5.92 Å². The normalized spacial score (nSPS) is 19.6. The highest BCUT2D eigenvalue weighted by Crippen LogP contribution is 2.30. The molecule has 4 nitrogen and oxygen atoms in total. The minimum absolute atomic E-state index is 0.0393. The van der Waals surface area contributed by atoms with Crippen LogP contribution in [-0.4, -0.2) is 25.0 Å². The lowest BCUT2D eigenvalue weighted by atomic mass is 9.99. The standard InChI is InChI=1S/C16H23N3O/c1-11(12-5-2-3-6-12)19-16(20)13-7-4-8-14-15(13)18-10-9-17-14/h4,7-8,11-12,17-18H,2-3,5-6,9-10H2,1H3,(H,19,20). The van der Waals surface area contributed by atoms with Gasteiger partial charge in [0.05, 0.1) is 16.9 Å². The molecule has 0 bridgehead atoms. The molecule has 1 aromatic rings. The maximum Gasteiger partial charge on any atom is 0.253 e. The maximum absolute atomic E-state index is 12.5. The zero-order valence-electron chi connectivity index (χ0n) is 12.0. The SMILES string of the molecule is CC(NC(=O)c1cccc2c1NCCN2)C1CCCC1. The summed E-state index contributed by atoms with van der Waals surface area (Å²) >= 11 is 0. The van der Waals surface area contributed by atoms with E-state index in [9.17, 15) is 4.79 Å². The number of hydrogen-bond donors (Lipinski definition) is 3. The van der Waals surface area contributed by atoms with E-state index in [0.717, 1.165) is 30.0 Å². The zero-order valence-corrected chi connectivity index (χ0v) is 12.0. The average Bonchev–Trinajstić information content (AvgIpc) is 3.01. The monoisotopic (exact) mass is 273 g/mol. The predicted molar refractivity (Wildman–Crippen MR) is 82.3 cm³/mol. The minimum Gasteiger partial charge on any atom is -0.382 e. The first kappa shape index (κ1) is 13.3. The Kier molecular flexibility index (Phi) is 3.81. The molecule has 3 rings (SSSR count). The van der Waals surface area contributed by atoms with Crippen LogP contribution in [0.4, 0.5) is 11.4 Å². The quantitative estimate of drug-likeness (QED) is 0.794. The topological polar surface area (TPSA) is 53.2 Å². The van der Waals surface area contributed by atoms with Crippen LogP contribution in [-0.2, 0) is 0 Å². The third-order valence-electron chi connectivity index (χ3n) is 4.52. The van der Waals surface area contributed by atoms with Gasteiger partial charge in [0.25, 0.3) is 5.91 Å². The second-order valence-electron chi connectivity index (χ2n) is 5.89. The molecule has 1 aliphatic heterocycles. The van der Waals surface area contributed by atoms with Crippen LogP contribution in [0.25, 0.3) is 0 Å². The number of fused-ring (bicyclic) bond motifs is 1. The smallest absolute Gasteiger partial charge is 0.253 e. The number of anilines is 2. The first-order valence-electron chi connectivity index (χ1n) is 7.67. The number of carbonyl (C=O) groups excluding carboxylic acids is 1. The number of rotatable bonds is 3. The van der Waals surface area contributed by atoms with Crippen LogP contribution in [0.1, 0.15) is 43.0 Å². The van der Waals surface area contributed by atoms with Crippen molar-refractivity contribution >= 4 is 17.3 Å². The van der Waals surface area contributed by atoms with Crippen molar-refractivity contribution in [3.8, 4) is 0 Å². The fourth-order valence-corrected chi connectivity index (χ4v) is 3.32. The number of benzene rings is 1. The van der Waals surface area contributed by atoms with E-state index >= 15 is 0 Å². The van der Waals surface area contributed by atoms with Crippen LogP contribution < -0.4 is 16.0 Å². The van der Waals surface area contributed by atoms with E-state index in [1.54, 1.807) is 0 Å². The fraction of sp³-hybridized carbons (Fsp3) is 0.562. The van der Waals surface area contributed by atoms with Gasteiger partial charge in [-0.25, -0.2) is 0 Å². The largest absolute Gasteiger partial charge is 0.382 e. The van der Waals surface area contributed by atoms with Crippen molar-refractivity contribution in [2.75, 3.05) is 23.7 Å². The van der Waals surface area contributed by atoms with Gasteiger partial charge in [0, 0.05) is 19.1 Å². The molecule has 1 aromatic carbocycles. The van der Waals surface area contributed by atoms with Gasteiger partial charge in [-0.3, -0.25) is 4.79 Å². The lowest BCUT2D eigenvalue weighted by molar-refractivity contribution is 0.0928. The number of carbonyl (C=O) groups is 1. The van der Waals surface area contributed by atoms with Crippen LogP contribution >= 0.6 is 0 Å². The third-order valence-corrected chi connectivity index (χ3v) is 4.52. The molecule has 1 amide bonds. The van der Waals surface area contributed by atoms with Gasteiger partial charge in [0.1, 0.15) is 0 Å².